The Balaban J connectivity index is 1.17. The number of carbonyl (C=O) groups is 1. The molecule has 3 fully saturated rings. The second-order valence-corrected chi connectivity index (χ2v) is 17.7. The number of carbonyl (C=O) groups excluding carboxylic acids is 1. The van der Waals surface area contributed by atoms with Crippen molar-refractivity contribution in [3.63, 3.8) is 0 Å². The molecule has 0 aromatic rings. The molecule has 0 aliphatic heterocycles. The molecule has 0 N–H and O–H groups in total. The maximum absolute atomic E-state index is 12.8. The van der Waals surface area contributed by atoms with Gasteiger partial charge in [0, 0.05) is 12.8 Å². The Morgan fingerprint density at radius 2 is 1.54 bits per heavy atom. The van der Waals surface area contributed by atoms with E-state index in [4.69, 9.17) is 4.74 Å². The van der Waals surface area contributed by atoms with E-state index in [2.05, 4.69) is 66.7 Å². The Bertz CT molecular complexity index is 976. The largest absolute Gasteiger partial charge is 0.462 e. The fourth-order valence-electron chi connectivity index (χ4n) is 11.0. The van der Waals surface area contributed by atoms with E-state index < -0.39 is 0 Å². The minimum atomic E-state index is 0.0452. The molecular formula is C44H76O2. The molecule has 46 heavy (non-hydrogen) atoms. The van der Waals surface area contributed by atoms with Crippen molar-refractivity contribution in [1.29, 1.82) is 0 Å². The Morgan fingerprint density at radius 1 is 0.848 bits per heavy atom. The second kappa shape index (κ2) is 18.1. The summed E-state index contributed by atoms with van der Waals surface area (Å²) in [5.41, 5.74) is 2.51. The number of hydrogen-bond donors (Lipinski definition) is 0. The van der Waals surface area contributed by atoms with E-state index in [1.54, 1.807) is 5.57 Å². The summed E-state index contributed by atoms with van der Waals surface area (Å²) in [4.78, 5) is 12.8. The molecule has 4 aliphatic carbocycles. The van der Waals surface area contributed by atoms with Crippen LogP contribution in [-0.4, -0.2) is 12.1 Å². The van der Waals surface area contributed by atoms with Crippen LogP contribution in [0.3, 0.4) is 0 Å². The zero-order valence-corrected chi connectivity index (χ0v) is 31.7. The average Bonchev–Trinajstić information content (AvgIpc) is 3.39. The van der Waals surface area contributed by atoms with Crippen molar-refractivity contribution < 1.29 is 9.53 Å². The third kappa shape index (κ3) is 9.55. The van der Waals surface area contributed by atoms with Gasteiger partial charge in [-0.2, -0.15) is 0 Å². The molecule has 264 valence electrons. The van der Waals surface area contributed by atoms with Gasteiger partial charge in [0.25, 0.3) is 0 Å². The number of ether oxygens (including phenoxy) is 1. The normalized spacial score (nSPS) is 33.7. The first kappa shape index (κ1) is 37.8. The fraction of sp³-hybridized carbons (Fsp3) is 0.886. The maximum atomic E-state index is 12.8. The molecular weight excluding hydrogens is 560 g/mol. The highest BCUT2D eigenvalue weighted by Crippen LogP contribution is 2.67. The Hall–Kier alpha value is -1.05. The monoisotopic (exact) mass is 637 g/mol. The smallest absolute Gasteiger partial charge is 0.306 e. The molecule has 0 radical (unpaired) electrons. The zero-order chi connectivity index (χ0) is 33.2. The van der Waals surface area contributed by atoms with Gasteiger partial charge in [0.2, 0.25) is 0 Å². The zero-order valence-electron chi connectivity index (χ0n) is 31.7. The molecule has 0 amide bonds. The molecule has 0 saturated heterocycles. The Morgan fingerprint density at radius 3 is 2.26 bits per heavy atom. The number of fused-ring (bicyclic) bond motifs is 5. The molecule has 0 aromatic carbocycles. The summed E-state index contributed by atoms with van der Waals surface area (Å²) in [5.74, 6) is 6.07. The number of hydrogen-bond acceptors (Lipinski definition) is 2. The Labute approximate surface area is 286 Å². The predicted octanol–water partition coefficient (Wildman–Crippen LogP) is 13.4. The van der Waals surface area contributed by atoms with Gasteiger partial charge < -0.3 is 4.74 Å². The molecule has 0 aromatic heterocycles. The number of unbranched alkanes of at least 4 members (excludes halogenated alkanes) is 9. The van der Waals surface area contributed by atoms with Gasteiger partial charge in [-0.25, -0.2) is 0 Å². The van der Waals surface area contributed by atoms with Crippen LogP contribution in [0.25, 0.3) is 0 Å². The lowest BCUT2D eigenvalue weighted by atomic mass is 9.47. The van der Waals surface area contributed by atoms with Crippen molar-refractivity contribution in [1.82, 2.24) is 0 Å². The van der Waals surface area contributed by atoms with Crippen LogP contribution in [0.15, 0.2) is 23.8 Å². The molecule has 0 bridgehead atoms. The van der Waals surface area contributed by atoms with Crippen LogP contribution in [0.1, 0.15) is 190 Å². The van der Waals surface area contributed by atoms with Crippen LogP contribution in [0.5, 0.6) is 0 Å². The summed E-state index contributed by atoms with van der Waals surface area (Å²) in [7, 11) is 0. The van der Waals surface area contributed by atoms with Gasteiger partial charge in [-0.05, 0) is 129 Å². The topological polar surface area (TPSA) is 26.3 Å². The highest BCUT2D eigenvalue weighted by Gasteiger charge is 2.59. The first-order valence-corrected chi connectivity index (χ1v) is 20.6. The lowest BCUT2D eigenvalue weighted by molar-refractivity contribution is -0.151. The highest BCUT2D eigenvalue weighted by molar-refractivity contribution is 5.69. The quantitative estimate of drug-likeness (QED) is 0.0801. The molecule has 4 aliphatic rings. The molecule has 2 heteroatoms. The molecule has 0 heterocycles. The van der Waals surface area contributed by atoms with Crippen molar-refractivity contribution >= 4 is 5.97 Å². The number of allylic oxidation sites excluding steroid dienone is 3. The highest BCUT2D eigenvalue weighted by atomic mass is 16.5. The van der Waals surface area contributed by atoms with Crippen LogP contribution in [-0.2, 0) is 9.53 Å². The standard InChI is InChI=1S/C44H76O2/c1-8-9-10-11-12-13-14-15-16-17-18-19-20-21-42(45)46-37-28-30-43(6)36(32-37)24-25-38-40-27-26-39(44(40,7)31-29-41(38)43)35(5)23-22-34(4)33(2)3/h15-16,24,33-35,37-41H,8-14,17-23,25-32H2,1-7H3/b16-15-. The summed E-state index contributed by atoms with van der Waals surface area (Å²) in [6.45, 7) is 17.4. The van der Waals surface area contributed by atoms with E-state index >= 15 is 0 Å². The van der Waals surface area contributed by atoms with Crippen molar-refractivity contribution in [2.45, 2.75) is 196 Å². The summed E-state index contributed by atoms with van der Waals surface area (Å²) in [5, 5.41) is 0. The summed E-state index contributed by atoms with van der Waals surface area (Å²) in [6.07, 6.45) is 35.1. The third-order valence-corrected chi connectivity index (χ3v) is 14.5. The van der Waals surface area contributed by atoms with E-state index in [1.165, 1.54) is 103 Å². The molecule has 4 rings (SSSR count). The third-order valence-electron chi connectivity index (χ3n) is 14.5. The fourth-order valence-corrected chi connectivity index (χ4v) is 11.0. The van der Waals surface area contributed by atoms with E-state index in [9.17, 15) is 4.79 Å². The van der Waals surface area contributed by atoms with Gasteiger partial charge in [0.1, 0.15) is 6.10 Å². The lowest BCUT2D eigenvalue weighted by Gasteiger charge is -2.58. The van der Waals surface area contributed by atoms with Crippen molar-refractivity contribution in [2.24, 2.45) is 52.3 Å². The minimum Gasteiger partial charge on any atom is -0.462 e. The van der Waals surface area contributed by atoms with Gasteiger partial charge in [0.05, 0.1) is 0 Å². The van der Waals surface area contributed by atoms with Crippen molar-refractivity contribution in [2.75, 3.05) is 0 Å². The van der Waals surface area contributed by atoms with Gasteiger partial charge in [-0.15, -0.1) is 0 Å². The average molecular weight is 637 g/mol. The van der Waals surface area contributed by atoms with E-state index in [-0.39, 0.29) is 12.1 Å². The van der Waals surface area contributed by atoms with Crippen LogP contribution in [0, 0.1) is 52.3 Å². The predicted molar refractivity (Wildman–Crippen MR) is 198 cm³/mol. The second-order valence-electron chi connectivity index (χ2n) is 17.7. The van der Waals surface area contributed by atoms with E-state index in [0.29, 0.717) is 17.3 Å². The van der Waals surface area contributed by atoms with Gasteiger partial charge in [-0.3, -0.25) is 4.79 Å². The van der Waals surface area contributed by atoms with Gasteiger partial charge >= 0.3 is 5.97 Å². The minimum absolute atomic E-state index is 0.0452. The van der Waals surface area contributed by atoms with Crippen LogP contribution in [0.4, 0.5) is 0 Å². The van der Waals surface area contributed by atoms with Crippen LogP contribution in [0.2, 0.25) is 0 Å². The summed E-state index contributed by atoms with van der Waals surface area (Å²) in [6, 6.07) is 0. The van der Waals surface area contributed by atoms with Crippen LogP contribution < -0.4 is 0 Å². The lowest BCUT2D eigenvalue weighted by Crippen LogP contribution is -2.51. The molecule has 2 nitrogen and oxygen atoms in total. The van der Waals surface area contributed by atoms with E-state index in [1.807, 2.05) is 0 Å². The van der Waals surface area contributed by atoms with Crippen LogP contribution >= 0.6 is 0 Å². The van der Waals surface area contributed by atoms with Gasteiger partial charge in [0.15, 0.2) is 0 Å². The first-order chi connectivity index (χ1) is 22.1. The number of rotatable bonds is 19. The molecule has 3 saturated carbocycles. The number of esters is 1. The molecule has 9 unspecified atom stereocenters. The molecule has 9 atom stereocenters. The first-order valence-electron chi connectivity index (χ1n) is 20.6. The molecule has 0 spiro atoms. The maximum Gasteiger partial charge on any atom is 0.306 e. The van der Waals surface area contributed by atoms with Crippen molar-refractivity contribution in [3.8, 4) is 0 Å². The summed E-state index contributed by atoms with van der Waals surface area (Å²) < 4.78 is 6.11. The van der Waals surface area contributed by atoms with Gasteiger partial charge in [-0.1, -0.05) is 124 Å². The van der Waals surface area contributed by atoms with Crippen molar-refractivity contribution in [3.05, 3.63) is 23.8 Å². The van der Waals surface area contributed by atoms with E-state index in [0.717, 1.165) is 73.5 Å². The Kier molecular flexibility index (Phi) is 14.8. The summed E-state index contributed by atoms with van der Waals surface area (Å²) >= 11 is 0. The SMILES string of the molecule is CCCCCCCC/C=C\CCCCCC(=O)OC1CCC2(C)C(=CCC3C2CCC2(C)C(C(C)CCC(C)C(C)C)CCC32)C1.